The Morgan fingerprint density at radius 2 is 2.06 bits per heavy atom. The highest BCUT2D eigenvalue weighted by Gasteiger charge is 2.13. The zero-order chi connectivity index (χ0) is 13.1. The summed E-state index contributed by atoms with van der Waals surface area (Å²) in [6.45, 7) is 5.14. The van der Waals surface area contributed by atoms with Crippen LogP contribution in [0.15, 0.2) is 30.3 Å². The largest absolute Gasteiger partial charge is 0.477 e. The normalized spacial score (nSPS) is 11.3. The summed E-state index contributed by atoms with van der Waals surface area (Å²) in [7, 11) is 0. The SMILES string of the molecule is CC(C)CCCn1c(C(=O)O)cc2ccccc21. The average Bonchev–Trinajstić information content (AvgIpc) is 2.68. The molecule has 0 fully saturated rings. The van der Waals surface area contributed by atoms with Crippen LogP contribution in [0.3, 0.4) is 0 Å². The van der Waals surface area contributed by atoms with Gasteiger partial charge in [-0.15, -0.1) is 0 Å². The smallest absolute Gasteiger partial charge is 0.352 e. The minimum atomic E-state index is -0.851. The highest BCUT2D eigenvalue weighted by atomic mass is 16.4. The summed E-state index contributed by atoms with van der Waals surface area (Å²) in [4.78, 5) is 11.3. The van der Waals surface area contributed by atoms with Crippen LogP contribution in [0.1, 0.15) is 37.2 Å². The lowest BCUT2D eigenvalue weighted by Gasteiger charge is -2.09. The lowest BCUT2D eigenvalue weighted by atomic mass is 10.1. The topological polar surface area (TPSA) is 42.2 Å². The number of rotatable bonds is 5. The third-order valence-corrected chi connectivity index (χ3v) is 3.19. The number of nitrogens with zero attached hydrogens (tertiary/aromatic N) is 1. The lowest BCUT2D eigenvalue weighted by molar-refractivity contribution is 0.0685. The predicted octanol–water partition coefficient (Wildman–Crippen LogP) is 3.78. The van der Waals surface area contributed by atoms with E-state index < -0.39 is 5.97 Å². The molecule has 0 aliphatic carbocycles. The Labute approximate surface area is 107 Å². The molecule has 1 N–H and O–H groups in total. The quantitative estimate of drug-likeness (QED) is 0.871. The summed E-state index contributed by atoms with van der Waals surface area (Å²) >= 11 is 0. The number of para-hydroxylation sites is 1. The van der Waals surface area contributed by atoms with E-state index in [0.29, 0.717) is 11.6 Å². The third-order valence-electron chi connectivity index (χ3n) is 3.19. The van der Waals surface area contributed by atoms with Gasteiger partial charge in [0.2, 0.25) is 0 Å². The van der Waals surface area contributed by atoms with Gasteiger partial charge in [0.1, 0.15) is 5.69 Å². The summed E-state index contributed by atoms with van der Waals surface area (Å²) in [5.41, 5.74) is 1.40. The monoisotopic (exact) mass is 245 g/mol. The average molecular weight is 245 g/mol. The second-order valence-electron chi connectivity index (χ2n) is 5.08. The first kappa shape index (κ1) is 12.7. The molecule has 96 valence electrons. The molecule has 1 aromatic carbocycles. The zero-order valence-electron chi connectivity index (χ0n) is 10.9. The molecule has 3 heteroatoms. The second kappa shape index (κ2) is 5.25. The Kier molecular flexibility index (Phi) is 3.70. The van der Waals surface area contributed by atoms with Gasteiger partial charge in [0.15, 0.2) is 0 Å². The van der Waals surface area contributed by atoms with E-state index in [-0.39, 0.29) is 0 Å². The fourth-order valence-electron chi connectivity index (χ4n) is 2.29. The summed E-state index contributed by atoms with van der Waals surface area (Å²) in [5, 5.41) is 10.3. The Morgan fingerprint density at radius 1 is 1.33 bits per heavy atom. The molecule has 0 unspecified atom stereocenters. The summed E-state index contributed by atoms with van der Waals surface area (Å²) in [6.07, 6.45) is 2.13. The number of hydrogen-bond donors (Lipinski definition) is 1. The first-order valence-corrected chi connectivity index (χ1v) is 6.41. The molecular formula is C15H19NO2. The molecule has 0 spiro atoms. The zero-order valence-corrected chi connectivity index (χ0v) is 10.9. The summed E-state index contributed by atoms with van der Waals surface area (Å²) in [5.74, 6) is -0.198. The van der Waals surface area contributed by atoms with Gasteiger partial charge < -0.3 is 9.67 Å². The van der Waals surface area contributed by atoms with Crippen LogP contribution in [0.4, 0.5) is 0 Å². The van der Waals surface area contributed by atoms with Gasteiger partial charge >= 0.3 is 5.97 Å². The molecule has 0 radical (unpaired) electrons. The number of hydrogen-bond acceptors (Lipinski definition) is 1. The van der Waals surface area contributed by atoms with Gasteiger partial charge in [-0.2, -0.15) is 0 Å². The maximum atomic E-state index is 11.3. The lowest BCUT2D eigenvalue weighted by Crippen LogP contribution is -2.09. The predicted molar refractivity (Wildman–Crippen MR) is 73.0 cm³/mol. The molecule has 1 aromatic heterocycles. The van der Waals surface area contributed by atoms with Crippen molar-refractivity contribution in [3.05, 3.63) is 36.0 Å². The molecule has 0 bridgehead atoms. The molecule has 0 atom stereocenters. The molecule has 1 heterocycles. The number of carbonyl (C=O) groups is 1. The van der Waals surface area contributed by atoms with Gasteiger partial charge in [0.05, 0.1) is 0 Å². The maximum absolute atomic E-state index is 11.3. The van der Waals surface area contributed by atoms with Gasteiger partial charge in [-0.05, 0) is 30.9 Å². The van der Waals surface area contributed by atoms with E-state index in [4.69, 9.17) is 0 Å². The molecule has 0 aliphatic heterocycles. The second-order valence-corrected chi connectivity index (χ2v) is 5.08. The number of aromatic nitrogens is 1. The highest BCUT2D eigenvalue weighted by Crippen LogP contribution is 2.21. The van der Waals surface area contributed by atoms with Crippen LogP contribution in [0, 0.1) is 5.92 Å². The number of carboxylic acids is 1. The molecule has 0 amide bonds. The fourth-order valence-corrected chi connectivity index (χ4v) is 2.29. The summed E-state index contributed by atoms with van der Waals surface area (Å²) < 4.78 is 1.92. The van der Waals surface area contributed by atoms with Crippen molar-refractivity contribution >= 4 is 16.9 Å². The maximum Gasteiger partial charge on any atom is 0.352 e. The van der Waals surface area contributed by atoms with Crippen molar-refractivity contribution in [1.29, 1.82) is 0 Å². The van der Waals surface area contributed by atoms with Crippen LogP contribution in [0.25, 0.3) is 10.9 Å². The van der Waals surface area contributed by atoms with Crippen LogP contribution in [0.2, 0.25) is 0 Å². The minimum absolute atomic E-state index is 0.389. The Hall–Kier alpha value is -1.77. The van der Waals surface area contributed by atoms with Gasteiger partial charge in [0.25, 0.3) is 0 Å². The van der Waals surface area contributed by atoms with Crippen LogP contribution >= 0.6 is 0 Å². The van der Waals surface area contributed by atoms with Crippen LogP contribution in [0.5, 0.6) is 0 Å². The molecular weight excluding hydrogens is 226 g/mol. The summed E-state index contributed by atoms with van der Waals surface area (Å²) in [6, 6.07) is 9.59. The van der Waals surface area contributed by atoms with Crippen molar-refractivity contribution in [2.45, 2.75) is 33.2 Å². The van der Waals surface area contributed by atoms with E-state index in [1.165, 1.54) is 0 Å². The molecule has 3 nitrogen and oxygen atoms in total. The molecule has 0 saturated carbocycles. The number of benzene rings is 1. The number of aryl methyl sites for hydroxylation is 1. The van der Waals surface area contributed by atoms with Gasteiger partial charge in [-0.1, -0.05) is 32.0 Å². The van der Waals surface area contributed by atoms with Crippen molar-refractivity contribution in [3.63, 3.8) is 0 Å². The molecule has 2 aromatic rings. The van der Waals surface area contributed by atoms with E-state index >= 15 is 0 Å². The van der Waals surface area contributed by atoms with Crippen LogP contribution in [-0.4, -0.2) is 15.6 Å². The molecule has 0 saturated heterocycles. The van der Waals surface area contributed by atoms with Crippen molar-refractivity contribution in [1.82, 2.24) is 4.57 Å². The Balaban J connectivity index is 2.33. The van der Waals surface area contributed by atoms with E-state index in [1.54, 1.807) is 6.07 Å². The molecule has 18 heavy (non-hydrogen) atoms. The van der Waals surface area contributed by atoms with Gasteiger partial charge in [-0.3, -0.25) is 0 Å². The van der Waals surface area contributed by atoms with Crippen LogP contribution in [-0.2, 0) is 6.54 Å². The minimum Gasteiger partial charge on any atom is -0.477 e. The van der Waals surface area contributed by atoms with E-state index in [0.717, 1.165) is 30.3 Å². The van der Waals surface area contributed by atoms with E-state index in [2.05, 4.69) is 13.8 Å². The standard InChI is InChI=1S/C15H19NO2/c1-11(2)6-5-9-16-13-8-4-3-7-12(13)10-14(16)15(17)18/h3-4,7-8,10-11H,5-6,9H2,1-2H3,(H,17,18). The van der Waals surface area contributed by atoms with Crippen molar-refractivity contribution < 1.29 is 9.90 Å². The van der Waals surface area contributed by atoms with Crippen molar-refractivity contribution in [2.24, 2.45) is 5.92 Å². The van der Waals surface area contributed by atoms with E-state index in [1.807, 2.05) is 28.8 Å². The number of fused-ring (bicyclic) bond motifs is 1. The molecule has 0 aliphatic rings. The first-order chi connectivity index (χ1) is 8.59. The third kappa shape index (κ3) is 2.55. The number of carboxylic acid groups (broad SMARTS) is 1. The highest BCUT2D eigenvalue weighted by molar-refractivity contribution is 5.94. The Morgan fingerprint density at radius 3 is 2.72 bits per heavy atom. The van der Waals surface area contributed by atoms with Gasteiger partial charge in [-0.25, -0.2) is 4.79 Å². The van der Waals surface area contributed by atoms with E-state index in [9.17, 15) is 9.90 Å². The fraction of sp³-hybridized carbons (Fsp3) is 0.400. The van der Waals surface area contributed by atoms with Crippen LogP contribution < -0.4 is 0 Å². The van der Waals surface area contributed by atoms with Gasteiger partial charge in [0, 0.05) is 17.4 Å². The first-order valence-electron chi connectivity index (χ1n) is 6.41. The molecule has 2 rings (SSSR count). The number of aromatic carboxylic acids is 1. The van der Waals surface area contributed by atoms with Crippen molar-refractivity contribution in [3.8, 4) is 0 Å². The van der Waals surface area contributed by atoms with Crippen molar-refractivity contribution in [2.75, 3.05) is 0 Å². The Bertz CT molecular complexity index is 555.